The second-order valence-corrected chi connectivity index (χ2v) is 7.31. The summed E-state index contributed by atoms with van der Waals surface area (Å²) in [5.74, 6) is -0.516. The van der Waals surface area contributed by atoms with E-state index in [1.54, 1.807) is 0 Å². The van der Waals surface area contributed by atoms with E-state index in [9.17, 15) is 14.4 Å². The summed E-state index contributed by atoms with van der Waals surface area (Å²) >= 11 is 1.24. The van der Waals surface area contributed by atoms with Gasteiger partial charge in [-0.05, 0) is 11.8 Å². The lowest BCUT2D eigenvalue weighted by atomic mass is 9.74. The third-order valence-corrected chi connectivity index (χ3v) is 4.84. The van der Waals surface area contributed by atoms with Crippen molar-refractivity contribution in [1.29, 1.82) is 0 Å². The SMILES string of the molecule is CC(C)(C)[C@@H]1CNC(=O)[C@H]1C(=O)N[C@@H]1CCSC1=O. The van der Waals surface area contributed by atoms with E-state index >= 15 is 0 Å². The maximum absolute atomic E-state index is 12.3. The molecule has 2 saturated heterocycles. The van der Waals surface area contributed by atoms with E-state index in [1.807, 2.05) is 20.8 Å². The van der Waals surface area contributed by atoms with E-state index in [0.29, 0.717) is 13.0 Å². The molecule has 0 aromatic rings. The Bertz CT molecular complexity index is 417. The summed E-state index contributed by atoms with van der Waals surface area (Å²) in [4.78, 5) is 35.7. The van der Waals surface area contributed by atoms with Crippen molar-refractivity contribution in [2.24, 2.45) is 17.3 Å². The zero-order valence-electron chi connectivity index (χ0n) is 11.5. The minimum atomic E-state index is -0.682. The fraction of sp³-hybridized carbons (Fsp3) is 0.769. The third-order valence-electron chi connectivity index (χ3n) is 3.83. The molecule has 2 fully saturated rings. The highest BCUT2D eigenvalue weighted by atomic mass is 32.2. The van der Waals surface area contributed by atoms with Gasteiger partial charge in [-0.1, -0.05) is 32.5 Å². The van der Waals surface area contributed by atoms with Gasteiger partial charge in [0.25, 0.3) is 0 Å². The number of hydrogen-bond donors (Lipinski definition) is 2. The molecule has 0 bridgehead atoms. The van der Waals surface area contributed by atoms with Crippen LogP contribution in [0.3, 0.4) is 0 Å². The van der Waals surface area contributed by atoms with Crippen LogP contribution in [0.15, 0.2) is 0 Å². The largest absolute Gasteiger partial charge is 0.355 e. The molecule has 2 amide bonds. The summed E-state index contributed by atoms with van der Waals surface area (Å²) in [6, 6.07) is -0.425. The molecule has 2 heterocycles. The smallest absolute Gasteiger partial charge is 0.233 e. The van der Waals surface area contributed by atoms with Crippen molar-refractivity contribution in [1.82, 2.24) is 10.6 Å². The van der Waals surface area contributed by atoms with Gasteiger partial charge in [-0.2, -0.15) is 0 Å². The van der Waals surface area contributed by atoms with Gasteiger partial charge >= 0.3 is 0 Å². The zero-order chi connectivity index (χ0) is 14.2. The maximum atomic E-state index is 12.3. The normalized spacial score (nSPS) is 31.4. The lowest BCUT2D eigenvalue weighted by Gasteiger charge is -2.29. The third kappa shape index (κ3) is 2.94. The number of hydrogen-bond acceptors (Lipinski definition) is 4. The number of rotatable bonds is 2. The highest BCUT2D eigenvalue weighted by molar-refractivity contribution is 8.14. The number of nitrogens with one attached hydrogen (secondary N) is 2. The molecule has 0 saturated carbocycles. The van der Waals surface area contributed by atoms with E-state index in [1.165, 1.54) is 11.8 Å². The molecule has 0 unspecified atom stereocenters. The standard InChI is InChI=1S/C13H20N2O3S/c1-13(2,3)7-6-14-10(16)9(7)11(17)15-8-4-5-19-12(8)18/h7-9H,4-6H2,1-3H3,(H,14,16)(H,15,17)/t7-,8-,9+/m1/s1. The lowest BCUT2D eigenvalue weighted by Crippen LogP contribution is -2.46. The highest BCUT2D eigenvalue weighted by Crippen LogP contribution is 2.35. The van der Waals surface area contributed by atoms with Gasteiger partial charge in [0.15, 0.2) is 0 Å². The number of carbonyl (C=O) groups excluding carboxylic acids is 3. The molecule has 3 atom stereocenters. The molecule has 0 spiro atoms. The molecular formula is C13H20N2O3S. The lowest BCUT2D eigenvalue weighted by molar-refractivity contribution is -0.136. The van der Waals surface area contributed by atoms with Crippen LogP contribution >= 0.6 is 11.8 Å². The van der Waals surface area contributed by atoms with Crippen molar-refractivity contribution in [2.45, 2.75) is 33.2 Å². The summed E-state index contributed by atoms with van der Waals surface area (Å²) < 4.78 is 0. The van der Waals surface area contributed by atoms with Crippen LogP contribution in [0.4, 0.5) is 0 Å². The molecule has 106 valence electrons. The van der Waals surface area contributed by atoms with Crippen molar-refractivity contribution in [3.63, 3.8) is 0 Å². The second-order valence-electron chi connectivity index (χ2n) is 6.21. The minimum absolute atomic E-state index is 0.000867. The number of thioether (sulfide) groups is 1. The average Bonchev–Trinajstić information content (AvgIpc) is 2.85. The van der Waals surface area contributed by atoms with E-state index in [-0.39, 0.29) is 28.3 Å². The molecule has 6 heteroatoms. The van der Waals surface area contributed by atoms with Crippen LogP contribution in [-0.2, 0) is 14.4 Å². The van der Waals surface area contributed by atoms with Crippen molar-refractivity contribution < 1.29 is 14.4 Å². The zero-order valence-corrected chi connectivity index (χ0v) is 12.3. The molecular weight excluding hydrogens is 264 g/mol. The van der Waals surface area contributed by atoms with Crippen LogP contribution in [0, 0.1) is 17.3 Å². The van der Waals surface area contributed by atoms with Crippen LogP contribution in [0.25, 0.3) is 0 Å². The molecule has 2 aliphatic heterocycles. The monoisotopic (exact) mass is 284 g/mol. The first-order valence-corrected chi connectivity index (χ1v) is 7.54. The predicted molar refractivity (Wildman–Crippen MR) is 73.5 cm³/mol. The molecule has 0 aromatic carbocycles. The number of carbonyl (C=O) groups is 3. The van der Waals surface area contributed by atoms with Gasteiger partial charge in [0, 0.05) is 18.2 Å². The molecule has 19 heavy (non-hydrogen) atoms. The fourth-order valence-corrected chi connectivity index (χ4v) is 3.55. The topological polar surface area (TPSA) is 75.3 Å². The predicted octanol–water partition coefficient (Wildman–Crippen LogP) is 0.543. The molecule has 2 rings (SSSR count). The molecule has 0 aromatic heterocycles. The first-order valence-electron chi connectivity index (χ1n) is 6.55. The van der Waals surface area contributed by atoms with Crippen LogP contribution < -0.4 is 10.6 Å². The molecule has 5 nitrogen and oxygen atoms in total. The van der Waals surface area contributed by atoms with E-state index in [2.05, 4.69) is 10.6 Å². The van der Waals surface area contributed by atoms with E-state index < -0.39 is 12.0 Å². The summed E-state index contributed by atoms with van der Waals surface area (Å²) in [6.45, 7) is 6.59. The Morgan fingerprint density at radius 1 is 1.37 bits per heavy atom. The number of amides is 2. The average molecular weight is 284 g/mol. The van der Waals surface area contributed by atoms with Gasteiger partial charge in [-0.25, -0.2) is 0 Å². The van der Waals surface area contributed by atoms with Crippen LogP contribution in [-0.4, -0.2) is 35.3 Å². The molecule has 2 aliphatic rings. The molecule has 0 radical (unpaired) electrons. The Morgan fingerprint density at radius 3 is 2.58 bits per heavy atom. The Morgan fingerprint density at radius 2 is 2.05 bits per heavy atom. The molecule has 0 aliphatic carbocycles. The Hall–Kier alpha value is -1.04. The van der Waals surface area contributed by atoms with Crippen molar-refractivity contribution >= 4 is 28.7 Å². The summed E-state index contributed by atoms with van der Waals surface area (Å²) in [5, 5.41) is 5.49. The summed E-state index contributed by atoms with van der Waals surface area (Å²) in [7, 11) is 0. The quantitative estimate of drug-likeness (QED) is 0.726. The van der Waals surface area contributed by atoms with Gasteiger partial charge in [0.05, 0.1) is 6.04 Å². The first-order chi connectivity index (χ1) is 8.80. The highest BCUT2D eigenvalue weighted by Gasteiger charge is 2.46. The minimum Gasteiger partial charge on any atom is -0.355 e. The van der Waals surface area contributed by atoms with E-state index in [0.717, 1.165) is 5.75 Å². The van der Waals surface area contributed by atoms with Crippen molar-refractivity contribution in [3.05, 3.63) is 0 Å². The van der Waals surface area contributed by atoms with Crippen molar-refractivity contribution in [3.8, 4) is 0 Å². The van der Waals surface area contributed by atoms with Gasteiger partial charge in [-0.15, -0.1) is 0 Å². The van der Waals surface area contributed by atoms with Crippen LogP contribution in [0.2, 0.25) is 0 Å². The first kappa shape index (κ1) is 14.4. The summed E-state index contributed by atoms with van der Waals surface area (Å²) in [6.07, 6.45) is 0.657. The van der Waals surface area contributed by atoms with Gasteiger partial charge in [-0.3, -0.25) is 14.4 Å². The van der Waals surface area contributed by atoms with Gasteiger partial charge in [0.2, 0.25) is 16.9 Å². The van der Waals surface area contributed by atoms with Gasteiger partial charge < -0.3 is 10.6 Å². The van der Waals surface area contributed by atoms with Crippen LogP contribution in [0.1, 0.15) is 27.2 Å². The van der Waals surface area contributed by atoms with Crippen molar-refractivity contribution in [2.75, 3.05) is 12.3 Å². The second kappa shape index (κ2) is 5.15. The van der Waals surface area contributed by atoms with E-state index in [4.69, 9.17) is 0 Å². The maximum Gasteiger partial charge on any atom is 0.233 e. The Balaban J connectivity index is 2.08. The Kier molecular flexibility index (Phi) is 3.90. The fourth-order valence-electron chi connectivity index (χ4n) is 2.62. The molecule has 2 N–H and O–H groups in total. The van der Waals surface area contributed by atoms with Gasteiger partial charge in [0.1, 0.15) is 5.92 Å². The summed E-state index contributed by atoms with van der Waals surface area (Å²) in [5.41, 5.74) is -0.129. The van der Waals surface area contributed by atoms with Crippen LogP contribution in [0.5, 0.6) is 0 Å². The Labute approximate surface area is 117 Å².